The molecule has 1 aromatic carbocycles. The highest BCUT2D eigenvalue weighted by Gasteiger charge is 2.43. The lowest BCUT2D eigenvalue weighted by Crippen LogP contribution is -2.51. The van der Waals surface area contributed by atoms with Gasteiger partial charge in [0, 0.05) is 24.7 Å². The fourth-order valence-electron chi connectivity index (χ4n) is 3.39. The van der Waals surface area contributed by atoms with Crippen LogP contribution in [0.15, 0.2) is 18.2 Å². The summed E-state index contributed by atoms with van der Waals surface area (Å²) in [5, 5.41) is 0. The van der Waals surface area contributed by atoms with E-state index in [0.717, 1.165) is 44.5 Å². The lowest BCUT2D eigenvalue weighted by Gasteiger charge is -2.46. The molecule has 1 unspecified atom stereocenters. The van der Waals surface area contributed by atoms with E-state index in [2.05, 4.69) is 0 Å². The maximum atomic E-state index is 13.5. The van der Waals surface area contributed by atoms with Crippen LogP contribution < -0.4 is 5.73 Å². The Morgan fingerprint density at radius 2 is 2.06 bits per heavy atom. The molecule has 1 aromatic rings. The number of hydrogen-bond donors (Lipinski definition) is 1. The van der Waals surface area contributed by atoms with E-state index in [1.165, 1.54) is 5.56 Å². The Bertz CT molecular complexity index is 426. The third-order valence-corrected chi connectivity index (χ3v) is 4.43. The van der Waals surface area contributed by atoms with E-state index >= 15 is 0 Å². The Kier molecular flexibility index (Phi) is 2.68. The summed E-state index contributed by atoms with van der Waals surface area (Å²) in [6, 6.07) is 5.32. The van der Waals surface area contributed by atoms with Crippen molar-refractivity contribution in [3.63, 3.8) is 0 Å². The summed E-state index contributed by atoms with van der Waals surface area (Å²) in [7, 11) is 0. The van der Waals surface area contributed by atoms with Crippen molar-refractivity contribution >= 4 is 0 Å². The molecule has 0 bridgehead atoms. The molecule has 0 radical (unpaired) electrons. The van der Waals surface area contributed by atoms with Crippen LogP contribution in [-0.2, 0) is 16.6 Å². The zero-order valence-electron chi connectivity index (χ0n) is 9.92. The molecule has 1 aliphatic heterocycles. The molecule has 0 aromatic heterocycles. The average molecular weight is 235 g/mol. The van der Waals surface area contributed by atoms with E-state index in [1.807, 2.05) is 6.07 Å². The first-order valence-corrected chi connectivity index (χ1v) is 6.35. The SMILES string of the molecule is NC1CCc2ccc(F)cc2C12CCOCC2. The van der Waals surface area contributed by atoms with E-state index in [1.54, 1.807) is 12.1 Å². The van der Waals surface area contributed by atoms with E-state index in [0.29, 0.717) is 0 Å². The van der Waals surface area contributed by atoms with Crippen LogP contribution >= 0.6 is 0 Å². The predicted molar refractivity (Wildman–Crippen MR) is 64.4 cm³/mol. The Balaban J connectivity index is 2.11. The van der Waals surface area contributed by atoms with Gasteiger partial charge in [-0.05, 0) is 48.9 Å². The molecule has 1 heterocycles. The Morgan fingerprint density at radius 3 is 2.82 bits per heavy atom. The summed E-state index contributed by atoms with van der Waals surface area (Å²) in [6.45, 7) is 1.48. The monoisotopic (exact) mass is 235 g/mol. The molecule has 1 fully saturated rings. The maximum absolute atomic E-state index is 13.5. The van der Waals surface area contributed by atoms with Crippen molar-refractivity contribution in [2.75, 3.05) is 13.2 Å². The Labute approximate surface area is 101 Å². The molecule has 2 N–H and O–H groups in total. The van der Waals surface area contributed by atoms with Crippen molar-refractivity contribution in [1.82, 2.24) is 0 Å². The van der Waals surface area contributed by atoms with Gasteiger partial charge in [0.05, 0.1) is 0 Å². The number of benzene rings is 1. The maximum Gasteiger partial charge on any atom is 0.123 e. The van der Waals surface area contributed by atoms with Gasteiger partial charge in [-0.2, -0.15) is 0 Å². The Hall–Kier alpha value is -0.930. The van der Waals surface area contributed by atoms with Gasteiger partial charge in [0.2, 0.25) is 0 Å². The third-order valence-electron chi connectivity index (χ3n) is 4.43. The van der Waals surface area contributed by atoms with Crippen LogP contribution in [0.3, 0.4) is 0 Å². The zero-order valence-corrected chi connectivity index (χ0v) is 9.92. The molecular formula is C14H18FNO. The fraction of sp³-hybridized carbons (Fsp3) is 0.571. The molecule has 1 atom stereocenters. The smallest absolute Gasteiger partial charge is 0.123 e. The molecule has 0 amide bonds. The summed E-state index contributed by atoms with van der Waals surface area (Å²) in [4.78, 5) is 0. The minimum absolute atomic E-state index is 0.0477. The zero-order chi connectivity index (χ0) is 11.9. The quantitative estimate of drug-likeness (QED) is 0.747. The molecule has 2 nitrogen and oxygen atoms in total. The van der Waals surface area contributed by atoms with Gasteiger partial charge in [-0.3, -0.25) is 0 Å². The first-order valence-electron chi connectivity index (χ1n) is 6.35. The largest absolute Gasteiger partial charge is 0.381 e. The topological polar surface area (TPSA) is 35.2 Å². The molecule has 3 heteroatoms. The van der Waals surface area contributed by atoms with Gasteiger partial charge in [-0.15, -0.1) is 0 Å². The molecule has 1 saturated heterocycles. The Morgan fingerprint density at radius 1 is 1.29 bits per heavy atom. The standard InChI is InChI=1S/C14H18FNO/c15-11-3-1-10-2-4-13(16)14(12(10)9-11)5-7-17-8-6-14/h1,3,9,13H,2,4-8,16H2. The number of nitrogens with two attached hydrogens (primary N) is 1. The van der Waals surface area contributed by atoms with E-state index in [-0.39, 0.29) is 17.3 Å². The molecule has 3 rings (SSSR count). The molecule has 0 saturated carbocycles. The highest BCUT2D eigenvalue weighted by Crippen LogP contribution is 2.43. The average Bonchev–Trinajstić information content (AvgIpc) is 2.36. The number of ether oxygens (including phenoxy) is 1. The van der Waals surface area contributed by atoms with Crippen LogP contribution in [0.5, 0.6) is 0 Å². The van der Waals surface area contributed by atoms with Crippen LogP contribution in [-0.4, -0.2) is 19.3 Å². The highest BCUT2D eigenvalue weighted by molar-refractivity contribution is 5.39. The molecule has 1 aliphatic carbocycles. The van der Waals surface area contributed by atoms with Crippen molar-refractivity contribution in [1.29, 1.82) is 0 Å². The van der Waals surface area contributed by atoms with Gasteiger partial charge < -0.3 is 10.5 Å². The third kappa shape index (κ3) is 1.69. The summed E-state index contributed by atoms with van der Waals surface area (Å²) >= 11 is 0. The molecule has 1 spiro atoms. The first kappa shape index (κ1) is 11.2. The summed E-state index contributed by atoms with van der Waals surface area (Å²) in [5.74, 6) is -0.149. The van der Waals surface area contributed by atoms with Crippen LogP contribution in [0, 0.1) is 5.82 Å². The summed E-state index contributed by atoms with van der Waals surface area (Å²) < 4.78 is 18.9. The van der Waals surface area contributed by atoms with E-state index < -0.39 is 0 Å². The second-order valence-corrected chi connectivity index (χ2v) is 5.22. The normalized spacial score (nSPS) is 26.8. The number of rotatable bonds is 0. The van der Waals surface area contributed by atoms with Crippen molar-refractivity contribution in [3.05, 3.63) is 35.1 Å². The lowest BCUT2D eigenvalue weighted by atomic mass is 9.63. The number of halogens is 1. The van der Waals surface area contributed by atoms with Gasteiger partial charge >= 0.3 is 0 Å². The highest BCUT2D eigenvalue weighted by atomic mass is 19.1. The molecule has 17 heavy (non-hydrogen) atoms. The molecule has 92 valence electrons. The van der Waals surface area contributed by atoms with Crippen molar-refractivity contribution in [2.24, 2.45) is 5.73 Å². The second-order valence-electron chi connectivity index (χ2n) is 5.22. The van der Waals surface area contributed by atoms with Gasteiger partial charge in [0.1, 0.15) is 5.82 Å². The second kappa shape index (κ2) is 4.07. The van der Waals surface area contributed by atoms with Gasteiger partial charge in [0.25, 0.3) is 0 Å². The van der Waals surface area contributed by atoms with Crippen molar-refractivity contribution < 1.29 is 9.13 Å². The minimum atomic E-state index is -0.149. The number of fused-ring (bicyclic) bond motifs is 2. The summed E-state index contributed by atoms with van der Waals surface area (Å²) in [5.41, 5.74) is 8.70. The molecule has 2 aliphatic rings. The predicted octanol–water partition coefficient (Wildman–Crippen LogP) is 2.15. The number of hydrogen-bond acceptors (Lipinski definition) is 2. The van der Waals surface area contributed by atoms with Crippen LogP contribution in [0.25, 0.3) is 0 Å². The fourth-order valence-corrected chi connectivity index (χ4v) is 3.39. The van der Waals surface area contributed by atoms with Gasteiger partial charge in [0.15, 0.2) is 0 Å². The van der Waals surface area contributed by atoms with E-state index in [9.17, 15) is 4.39 Å². The van der Waals surface area contributed by atoms with Crippen LogP contribution in [0.4, 0.5) is 4.39 Å². The van der Waals surface area contributed by atoms with Crippen LogP contribution in [0.2, 0.25) is 0 Å². The minimum Gasteiger partial charge on any atom is -0.381 e. The summed E-state index contributed by atoms with van der Waals surface area (Å²) in [6.07, 6.45) is 3.81. The van der Waals surface area contributed by atoms with E-state index in [4.69, 9.17) is 10.5 Å². The van der Waals surface area contributed by atoms with Crippen molar-refractivity contribution in [3.8, 4) is 0 Å². The first-order chi connectivity index (χ1) is 8.22. The lowest BCUT2D eigenvalue weighted by molar-refractivity contribution is 0.0358. The molecular weight excluding hydrogens is 217 g/mol. The van der Waals surface area contributed by atoms with Crippen molar-refractivity contribution in [2.45, 2.75) is 37.1 Å². The van der Waals surface area contributed by atoms with Crippen LogP contribution in [0.1, 0.15) is 30.4 Å². The van der Waals surface area contributed by atoms with Gasteiger partial charge in [-0.25, -0.2) is 4.39 Å². The number of aryl methyl sites for hydroxylation is 1. The van der Waals surface area contributed by atoms with Gasteiger partial charge in [-0.1, -0.05) is 6.07 Å².